The maximum Gasteiger partial charge on any atom is 0.166 e. The summed E-state index contributed by atoms with van der Waals surface area (Å²) in [4.78, 5) is 0. The molecule has 2 aromatic carbocycles. The van der Waals surface area contributed by atoms with Crippen molar-refractivity contribution in [1.29, 1.82) is 0 Å². The van der Waals surface area contributed by atoms with Gasteiger partial charge >= 0.3 is 0 Å². The standard InChI is InChI=1S/C15H14Cl2O2/c1-18-14-8-13(17)7-12(9-16)15(14)19-10-11-5-3-2-4-6-11/h2-8H,9-10H2,1H3. The first-order chi connectivity index (χ1) is 9.24. The van der Waals surface area contributed by atoms with Gasteiger partial charge in [-0.2, -0.15) is 0 Å². The molecule has 19 heavy (non-hydrogen) atoms. The summed E-state index contributed by atoms with van der Waals surface area (Å²) in [5.74, 6) is 1.56. The smallest absolute Gasteiger partial charge is 0.166 e. The van der Waals surface area contributed by atoms with Gasteiger partial charge in [0, 0.05) is 16.7 Å². The van der Waals surface area contributed by atoms with Gasteiger partial charge in [-0.05, 0) is 11.6 Å². The first-order valence-corrected chi connectivity index (χ1v) is 6.75. The van der Waals surface area contributed by atoms with Crippen LogP contribution in [0, 0.1) is 0 Å². The molecule has 0 N–H and O–H groups in total. The Labute approximate surface area is 122 Å². The van der Waals surface area contributed by atoms with Crippen LogP contribution in [0.15, 0.2) is 42.5 Å². The Kier molecular flexibility index (Phi) is 4.94. The highest BCUT2D eigenvalue weighted by Gasteiger charge is 2.12. The van der Waals surface area contributed by atoms with Crippen molar-refractivity contribution in [3.63, 3.8) is 0 Å². The number of hydrogen-bond acceptors (Lipinski definition) is 2. The maximum absolute atomic E-state index is 6.00. The third-order valence-electron chi connectivity index (χ3n) is 2.69. The van der Waals surface area contributed by atoms with Crippen LogP contribution in [0.25, 0.3) is 0 Å². The number of alkyl halides is 1. The van der Waals surface area contributed by atoms with E-state index in [1.165, 1.54) is 0 Å². The van der Waals surface area contributed by atoms with Gasteiger partial charge in [-0.15, -0.1) is 11.6 Å². The van der Waals surface area contributed by atoms with Crippen LogP contribution in [0.1, 0.15) is 11.1 Å². The fourth-order valence-corrected chi connectivity index (χ4v) is 2.20. The van der Waals surface area contributed by atoms with Crippen molar-refractivity contribution in [3.05, 3.63) is 58.6 Å². The van der Waals surface area contributed by atoms with Crippen LogP contribution in [0.2, 0.25) is 5.02 Å². The normalized spacial score (nSPS) is 10.3. The van der Waals surface area contributed by atoms with E-state index in [1.54, 1.807) is 19.2 Å². The molecule has 0 aliphatic heterocycles. The van der Waals surface area contributed by atoms with Crippen LogP contribution in [-0.4, -0.2) is 7.11 Å². The summed E-state index contributed by atoms with van der Waals surface area (Å²) in [5, 5.41) is 0.583. The highest BCUT2D eigenvalue weighted by molar-refractivity contribution is 6.31. The lowest BCUT2D eigenvalue weighted by molar-refractivity contribution is 0.282. The Hall–Kier alpha value is -1.38. The van der Waals surface area contributed by atoms with E-state index in [0.717, 1.165) is 11.1 Å². The summed E-state index contributed by atoms with van der Waals surface area (Å²) < 4.78 is 11.1. The van der Waals surface area contributed by atoms with E-state index in [2.05, 4.69) is 0 Å². The lowest BCUT2D eigenvalue weighted by atomic mass is 10.2. The molecule has 2 aromatic rings. The van der Waals surface area contributed by atoms with E-state index >= 15 is 0 Å². The Bertz CT molecular complexity index is 516. The van der Waals surface area contributed by atoms with Gasteiger partial charge in [-0.25, -0.2) is 0 Å². The van der Waals surface area contributed by atoms with E-state index in [1.807, 2.05) is 30.3 Å². The molecule has 0 amide bonds. The van der Waals surface area contributed by atoms with Gasteiger partial charge < -0.3 is 9.47 Å². The number of halogens is 2. The zero-order valence-electron chi connectivity index (χ0n) is 10.5. The first kappa shape index (κ1) is 14.0. The summed E-state index contributed by atoms with van der Waals surface area (Å²) in [6, 6.07) is 13.4. The molecule has 2 rings (SSSR count). The van der Waals surface area contributed by atoms with Crippen molar-refractivity contribution in [3.8, 4) is 11.5 Å². The Balaban J connectivity index is 2.23. The van der Waals surface area contributed by atoms with Crippen molar-refractivity contribution in [2.24, 2.45) is 0 Å². The quantitative estimate of drug-likeness (QED) is 0.747. The number of methoxy groups -OCH3 is 1. The highest BCUT2D eigenvalue weighted by Crippen LogP contribution is 2.36. The molecule has 0 aliphatic carbocycles. The maximum atomic E-state index is 6.00. The molecule has 0 radical (unpaired) electrons. The molecule has 0 atom stereocenters. The van der Waals surface area contributed by atoms with Crippen molar-refractivity contribution < 1.29 is 9.47 Å². The fraction of sp³-hybridized carbons (Fsp3) is 0.200. The SMILES string of the molecule is COc1cc(Cl)cc(CCl)c1OCc1ccccc1. The van der Waals surface area contributed by atoms with E-state index in [-0.39, 0.29) is 0 Å². The second kappa shape index (κ2) is 6.69. The second-order valence-electron chi connectivity index (χ2n) is 4.00. The fourth-order valence-electron chi connectivity index (χ4n) is 1.77. The lowest BCUT2D eigenvalue weighted by Gasteiger charge is -2.14. The van der Waals surface area contributed by atoms with Gasteiger partial charge in [-0.3, -0.25) is 0 Å². The predicted molar refractivity (Wildman–Crippen MR) is 78.3 cm³/mol. The zero-order valence-corrected chi connectivity index (χ0v) is 12.0. The molecule has 0 fully saturated rings. The van der Waals surface area contributed by atoms with Gasteiger partial charge in [-0.1, -0.05) is 41.9 Å². The topological polar surface area (TPSA) is 18.5 Å². The van der Waals surface area contributed by atoms with E-state index < -0.39 is 0 Å². The average Bonchev–Trinajstić information content (AvgIpc) is 2.46. The van der Waals surface area contributed by atoms with E-state index in [4.69, 9.17) is 32.7 Å². The van der Waals surface area contributed by atoms with Crippen LogP contribution in [0.5, 0.6) is 11.5 Å². The minimum absolute atomic E-state index is 0.320. The summed E-state index contributed by atoms with van der Waals surface area (Å²) >= 11 is 11.9. The van der Waals surface area contributed by atoms with E-state index in [0.29, 0.717) is 29.0 Å². The third-order valence-corrected chi connectivity index (χ3v) is 3.19. The second-order valence-corrected chi connectivity index (χ2v) is 4.71. The molecule has 0 aromatic heterocycles. The number of rotatable bonds is 5. The largest absolute Gasteiger partial charge is 0.493 e. The van der Waals surface area contributed by atoms with Crippen molar-refractivity contribution in [2.75, 3.05) is 7.11 Å². The number of hydrogen-bond donors (Lipinski definition) is 0. The molecule has 0 heterocycles. The van der Waals surface area contributed by atoms with Crippen LogP contribution >= 0.6 is 23.2 Å². The average molecular weight is 297 g/mol. The van der Waals surface area contributed by atoms with Gasteiger partial charge in [0.15, 0.2) is 11.5 Å². The summed E-state index contributed by atoms with van der Waals surface area (Å²) in [6.45, 7) is 0.461. The summed E-state index contributed by atoms with van der Waals surface area (Å²) in [5.41, 5.74) is 1.90. The molecule has 0 bridgehead atoms. The Morgan fingerprint density at radius 2 is 1.84 bits per heavy atom. The lowest BCUT2D eigenvalue weighted by Crippen LogP contribution is -2.00. The summed E-state index contributed by atoms with van der Waals surface area (Å²) in [7, 11) is 1.58. The Morgan fingerprint density at radius 3 is 2.47 bits per heavy atom. The molecule has 0 spiro atoms. The molecule has 2 nitrogen and oxygen atoms in total. The number of ether oxygens (including phenoxy) is 2. The van der Waals surface area contributed by atoms with Crippen LogP contribution < -0.4 is 9.47 Å². The highest BCUT2D eigenvalue weighted by atomic mass is 35.5. The molecule has 4 heteroatoms. The minimum Gasteiger partial charge on any atom is -0.493 e. The van der Waals surface area contributed by atoms with Gasteiger partial charge in [0.1, 0.15) is 6.61 Å². The molecular weight excluding hydrogens is 283 g/mol. The van der Waals surface area contributed by atoms with Crippen LogP contribution in [0.4, 0.5) is 0 Å². The predicted octanol–water partition coefficient (Wildman–Crippen LogP) is 4.67. The molecule has 0 saturated heterocycles. The van der Waals surface area contributed by atoms with Crippen LogP contribution in [-0.2, 0) is 12.5 Å². The van der Waals surface area contributed by atoms with Crippen molar-refractivity contribution in [1.82, 2.24) is 0 Å². The summed E-state index contributed by atoms with van der Waals surface area (Å²) in [6.07, 6.45) is 0. The van der Waals surface area contributed by atoms with Crippen LogP contribution in [0.3, 0.4) is 0 Å². The molecule has 0 unspecified atom stereocenters. The third kappa shape index (κ3) is 3.55. The van der Waals surface area contributed by atoms with Crippen molar-refractivity contribution >= 4 is 23.2 Å². The van der Waals surface area contributed by atoms with E-state index in [9.17, 15) is 0 Å². The molecule has 100 valence electrons. The molecule has 0 aliphatic rings. The first-order valence-electron chi connectivity index (χ1n) is 5.83. The molecule has 0 saturated carbocycles. The zero-order chi connectivity index (χ0) is 13.7. The number of benzene rings is 2. The van der Waals surface area contributed by atoms with Gasteiger partial charge in [0.25, 0.3) is 0 Å². The monoisotopic (exact) mass is 296 g/mol. The van der Waals surface area contributed by atoms with Gasteiger partial charge in [0.2, 0.25) is 0 Å². The Morgan fingerprint density at radius 1 is 1.11 bits per heavy atom. The minimum atomic E-state index is 0.320. The van der Waals surface area contributed by atoms with Crippen molar-refractivity contribution in [2.45, 2.75) is 12.5 Å². The van der Waals surface area contributed by atoms with Gasteiger partial charge in [0.05, 0.1) is 13.0 Å². The molecular formula is C15H14Cl2O2.